The molecular formula is C19H26N2O2. The maximum absolute atomic E-state index is 12.8. The van der Waals surface area contributed by atoms with Gasteiger partial charge in [-0.2, -0.15) is 0 Å². The third kappa shape index (κ3) is 3.52. The van der Waals surface area contributed by atoms with Gasteiger partial charge in [0.15, 0.2) is 0 Å². The second-order valence-electron chi connectivity index (χ2n) is 6.48. The van der Waals surface area contributed by atoms with Crippen LogP contribution in [0.1, 0.15) is 49.5 Å². The van der Waals surface area contributed by atoms with Gasteiger partial charge in [-0.05, 0) is 43.9 Å². The van der Waals surface area contributed by atoms with Crippen LogP contribution in [0.4, 0.5) is 0 Å². The van der Waals surface area contributed by atoms with Gasteiger partial charge in [0.05, 0.1) is 7.11 Å². The maximum Gasteiger partial charge on any atom is 0.270 e. The predicted octanol–water partition coefficient (Wildman–Crippen LogP) is 4.22. The van der Waals surface area contributed by atoms with Gasteiger partial charge in [-0.3, -0.25) is 4.79 Å². The summed E-state index contributed by atoms with van der Waals surface area (Å²) >= 11 is 0. The number of amides is 1. The predicted molar refractivity (Wildman–Crippen MR) is 93.0 cm³/mol. The van der Waals surface area contributed by atoms with E-state index >= 15 is 0 Å². The molecule has 1 heterocycles. The zero-order valence-corrected chi connectivity index (χ0v) is 14.1. The SMILES string of the molecule is CCN(CC1CCCCC1)C(=O)c1cc2ccc(OC)cc2[nH]1. The van der Waals surface area contributed by atoms with Crippen molar-refractivity contribution >= 4 is 16.8 Å². The topological polar surface area (TPSA) is 45.3 Å². The highest BCUT2D eigenvalue weighted by Gasteiger charge is 2.22. The van der Waals surface area contributed by atoms with Gasteiger partial charge < -0.3 is 14.6 Å². The van der Waals surface area contributed by atoms with Crippen molar-refractivity contribution in [2.24, 2.45) is 5.92 Å². The summed E-state index contributed by atoms with van der Waals surface area (Å²) in [5.41, 5.74) is 1.62. The number of carbonyl (C=O) groups is 1. The van der Waals surface area contributed by atoms with Crippen LogP contribution in [0.2, 0.25) is 0 Å². The van der Waals surface area contributed by atoms with E-state index in [-0.39, 0.29) is 5.91 Å². The van der Waals surface area contributed by atoms with Crippen molar-refractivity contribution in [2.75, 3.05) is 20.2 Å². The van der Waals surface area contributed by atoms with Crippen LogP contribution in [0.25, 0.3) is 10.9 Å². The molecular weight excluding hydrogens is 288 g/mol. The molecule has 1 saturated carbocycles. The zero-order valence-electron chi connectivity index (χ0n) is 14.1. The molecule has 1 fully saturated rings. The molecule has 0 spiro atoms. The van der Waals surface area contributed by atoms with Gasteiger partial charge in [-0.25, -0.2) is 0 Å². The summed E-state index contributed by atoms with van der Waals surface area (Å²) in [6, 6.07) is 7.78. The first-order chi connectivity index (χ1) is 11.2. The number of aromatic amines is 1. The summed E-state index contributed by atoms with van der Waals surface area (Å²) < 4.78 is 5.25. The number of H-pyrrole nitrogens is 1. The van der Waals surface area contributed by atoms with Crippen LogP contribution in [0.5, 0.6) is 5.75 Å². The third-order valence-electron chi connectivity index (χ3n) is 4.93. The minimum absolute atomic E-state index is 0.105. The van der Waals surface area contributed by atoms with E-state index in [4.69, 9.17) is 4.74 Å². The van der Waals surface area contributed by atoms with Crippen molar-refractivity contribution in [1.29, 1.82) is 0 Å². The van der Waals surface area contributed by atoms with Crippen LogP contribution >= 0.6 is 0 Å². The van der Waals surface area contributed by atoms with Crippen molar-refractivity contribution < 1.29 is 9.53 Å². The lowest BCUT2D eigenvalue weighted by Gasteiger charge is -2.28. The second kappa shape index (κ2) is 7.07. The highest BCUT2D eigenvalue weighted by molar-refractivity contribution is 5.98. The number of nitrogens with zero attached hydrogens (tertiary/aromatic N) is 1. The Bertz CT molecular complexity index is 671. The highest BCUT2D eigenvalue weighted by Crippen LogP contribution is 2.26. The Morgan fingerprint density at radius 2 is 2.04 bits per heavy atom. The Hall–Kier alpha value is -1.97. The molecule has 1 aromatic heterocycles. The lowest BCUT2D eigenvalue weighted by molar-refractivity contribution is 0.0719. The molecule has 0 saturated heterocycles. The summed E-state index contributed by atoms with van der Waals surface area (Å²) in [4.78, 5) is 18.1. The Morgan fingerprint density at radius 1 is 1.26 bits per heavy atom. The number of hydrogen-bond donors (Lipinski definition) is 1. The third-order valence-corrected chi connectivity index (χ3v) is 4.93. The largest absolute Gasteiger partial charge is 0.497 e. The first-order valence-corrected chi connectivity index (χ1v) is 8.67. The van der Waals surface area contributed by atoms with Crippen LogP contribution in [-0.4, -0.2) is 36.0 Å². The van der Waals surface area contributed by atoms with E-state index in [0.717, 1.165) is 29.7 Å². The number of fused-ring (bicyclic) bond motifs is 1. The van der Waals surface area contributed by atoms with Gasteiger partial charge in [-0.15, -0.1) is 0 Å². The molecule has 1 aliphatic carbocycles. The molecule has 4 nitrogen and oxygen atoms in total. The minimum Gasteiger partial charge on any atom is -0.497 e. The standard InChI is InChI=1S/C19H26N2O2/c1-3-21(13-14-7-5-4-6-8-14)19(22)18-11-15-9-10-16(23-2)12-17(15)20-18/h9-12,14,20H,3-8,13H2,1-2H3. The van der Waals surface area contributed by atoms with Gasteiger partial charge in [-0.1, -0.05) is 19.3 Å². The van der Waals surface area contributed by atoms with Crippen LogP contribution in [-0.2, 0) is 0 Å². The maximum atomic E-state index is 12.8. The molecule has 3 rings (SSSR count). The number of aromatic nitrogens is 1. The van der Waals surface area contributed by atoms with Crippen molar-refractivity contribution in [2.45, 2.75) is 39.0 Å². The fourth-order valence-corrected chi connectivity index (χ4v) is 3.56. The number of benzene rings is 1. The van der Waals surface area contributed by atoms with Crippen molar-refractivity contribution in [3.05, 3.63) is 30.0 Å². The molecule has 1 aromatic carbocycles. The average molecular weight is 314 g/mol. The molecule has 4 heteroatoms. The molecule has 0 atom stereocenters. The number of ether oxygens (including phenoxy) is 1. The fourth-order valence-electron chi connectivity index (χ4n) is 3.56. The smallest absolute Gasteiger partial charge is 0.270 e. The molecule has 1 aliphatic rings. The quantitative estimate of drug-likeness (QED) is 0.898. The molecule has 124 valence electrons. The van der Waals surface area contributed by atoms with Crippen LogP contribution in [0, 0.1) is 5.92 Å². The Morgan fingerprint density at radius 3 is 2.74 bits per heavy atom. The van der Waals surface area contributed by atoms with Gasteiger partial charge >= 0.3 is 0 Å². The molecule has 2 aromatic rings. The van der Waals surface area contributed by atoms with Gasteiger partial charge in [0.25, 0.3) is 5.91 Å². The van der Waals surface area contributed by atoms with E-state index in [2.05, 4.69) is 11.9 Å². The van der Waals surface area contributed by atoms with Crippen LogP contribution in [0.3, 0.4) is 0 Å². The Kier molecular flexibility index (Phi) is 4.89. The highest BCUT2D eigenvalue weighted by atomic mass is 16.5. The Balaban J connectivity index is 1.76. The summed E-state index contributed by atoms with van der Waals surface area (Å²) in [6.07, 6.45) is 6.48. The van der Waals surface area contributed by atoms with Gasteiger partial charge in [0.1, 0.15) is 11.4 Å². The second-order valence-corrected chi connectivity index (χ2v) is 6.48. The summed E-state index contributed by atoms with van der Waals surface area (Å²) in [6.45, 7) is 3.70. The van der Waals surface area contributed by atoms with Crippen molar-refractivity contribution in [3.8, 4) is 5.75 Å². The molecule has 1 amide bonds. The van der Waals surface area contributed by atoms with E-state index in [1.165, 1.54) is 32.1 Å². The normalized spacial score (nSPS) is 15.7. The van der Waals surface area contributed by atoms with E-state index in [1.807, 2.05) is 29.2 Å². The average Bonchev–Trinajstić information content (AvgIpc) is 3.03. The Labute approximate surface area is 137 Å². The lowest BCUT2D eigenvalue weighted by Crippen LogP contribution is -2.36. The minimum atomic E-state index is 0.105. The first-order valence-electron chi connectivity index (χ1n) is 8.67. The molecule has 0 bridgehead atoms. The van der Waals surface area contributed by atoms with Gasteiger partial charge in [0.2, 0.25) is 0 Å². The zero-order chi connectivity index (χ0) is 16.2. The van der Waals surface area contributed by atoms with E-state index < -0.39 is 0 Å². The molecule has 0 radical (unpaired) electrons. The van der Waals surface area contributed by atoms with E-state index in [9.17, 15) is 4.79 Å². The lowest BCUT2D eigenvalue weighted by atomic mass is 9.89. The molecule has 0 unspecified atom stereocenters. The molecule has 23 heavy (non-hydrogen) atoms. The number of nitrogens with one attached hydrogen (secondary N) is 1. The van der Waals surface area contributed by atoms with E-state index in [1.54, 1.807) is 7.11 Å². The monoisotopic (exact) mass is 314 g/mol. The molecule has 1 N–H and O–H groups in total. The van der Waals surface area contributed by atoms with Gasteiger partial charge in [0, 0.05) is 30.1 Å². The van der Waals surface area contributed by atoms with Crippen LogP contribution in [0.15, 0.2) is 24.3 Å². The van der Waals surface area contributed by atoms with Crippen molar-refractivity contribution in [3.63, 3.8) is 0 Å². The summed E-state index contributed by atoms with van der Waals surface area (Å²) in [5.74, 6) is 1.57. The number of hydrogen-bond acceptors (Lipinski definition) is 2. The van der Waals surface area contributed by atoms with E-state index in [0.29, 0.717) is 11.6 Å². The number of rotatable bonds is 5. The number of carbonyl (C=O) groups excluding carboxylic acids is 1. The van der Waals surface area contributed by atoms with Crippen LogP contribution < -0.4 is 4.74 Å². The summed E-state index contributed by atoms with van der Waals surface area (Å²) in [7, 11) is 1.65. The fraction of sp³-hybridized carbons (Fsp3) is 0.526. The first kappa shape index (κ1) is 15.9. The van der Waals surface area contributed by atoms with Crippen molar-refractivity contribution in [1.82, 2.24) is 9.88 Å². The molecule has 0 aliphatic heterocycles. The number of methoxy groups -OCH3 is 1. The summed E-state index contributed by atoms with van der Waals surface area (Å²) in [5, 5.41) is 1.04.